The first-order chi connectivity index (χ1) is 13.8. The van der Waals surface area contributed by atoms with Crippen LogP contribution in [0.3, 0.4) is 0 Å². The minimum Gasteiger partial charge on any atom is -0.301 e. The monoisotopic (exact) mass is 364 g/mol. The van der Waals surface area contributed by atoms with E-state index in [1.165, 1.54) is 27.1 Å². The van der Waals surface area contributed by atoms with Crippen LogP contribution in [0.25, 0.3) is 21.5 Å². The fourth-order valence-corrected chi connectivity index (χ4v) is 4.05. The Kier molecular flexibility index (Phi) is 4.13. The molecule has 0 bridgehead atoms. The van der Waals surface area contributed by atoms with Crippen LogP contribution in [-0.4, -0.2) is 23.6 Å². The van der Waals surface area contributed by atoms with Crippen LogP contribution in [0.4, 0.5) is 0 Å². The van der Waals surface area contributed by atoms with Gasteiger partial charge in [0.15, 0.2) is 0 Å². The van der Waals surface area contributed by atoms with Crippen LogP contribution < -0.4 is 0 Å². The SMILES string of the molecule is O=CCN1N=C(c2ccc3ccccc3c2)CC1c1ccc2ccccc2c1. The van der Waals surface area contributed by atoms with E-state index in [-0.39, 0.29) is 6.04 Å². The van der Waals surface area contributed by atoms with Gasteiger partial charge < -0.3 is 4.79 Å². The molecule has 1 atom stereocenters. The summed E-state index contributed by atoms with van der Waals surface area (Å²) >= 11 is 0. The molecule has 28 heavy (non-hydrogen) atoms. The Bertz CT molecular complexity index is 1210. The predicted octanol–water partition coefficient (Wildman–Crippen LogP) is 5.34. The molecular formula is C25H20N2O. The predicted molar refractivity (Wildman–Crippen MR) is 115 cm³/mol. The third-order valence-electron chi connectivity index (χ3n) is 5.50. The van der Waals surface area contributed by atoms with Crippen LogP contribution in [0, 0.1) is 0 Å². The lowest BCUT2D eigenvalue weighted by Gasteiger charge is -2.22. The summed E-state index contributed by atoms with van der Waals surface area (Å²) < 4.78 is 0. The summed E-state index contributed by atoms with van der Waals surface area (Å²) in [7, 11) is 0. The number of nitrogens with zero attached hydrogens (tertiary/aromatic N) is 2. The molecule has 0 amide bonds. The van der Waals surface area contributed by atoms with Crippen molar-refractivity contribution in [3.8, 4) is 0 Å². The van der Waals surface area contributed by atoms with Gasteiger partial charge >= 0.3 is 0 Å². The molecule has 0 fully saturated rings. The number of aldehydes is 1. The molecule has 1 aliphatic heterocycles. The number of fused-ring (bicyclic) bond motifs is 2. The Morgan fingerprint density at radius 2 is 1.46 bits per heavy atom. The Labute approximate surface area is 163 Å². The van der Waals surface area contributed by atoms with Crippen LogP contribution in [0.2, 0.25) is 0 Å². The van der Waals surface area contributed by atoms with E-state index in [4.69, 9.17) is 5.10 Å². The fourth-order valence-electron chi connectivity index (χ4n) is 4.05. The van der Waals surface area contributed by atoms with Crippen LogP contribution in [0.1, 0.15) is 23.6 Å². The molecule has 1 aliphatic rings. The van der Waals surface area contributed by atoms with Gasteiger partial charge in [-0.15, -0.1) is 0 Å². The zero-order chi connectivity index (χ0) is 18.9. The van der Waals surface area contributed by atoms with Crippen molar-refractivity contribution in [2.75, 3.05) is 6.54 Å². The van der Waals surface area contributed by atoms with Crippen molar-refractivity contribution in [3.05, 3.63) is 96.1 Å². The van der Waals surface area contributed by atoms with Gasteiger partial charge in [0, 0.05) is 6.42 Å². The molecule has 4 aromatic rings. The van der Waals surface area contributed by atoms with Crippen LogP contribution in [-0.2, 0) is 4.79 Å². The maximum Gasteiger partial charge on any atom is 0.141 e. The van der Waals surface area contributed by atoms with Crippen molar-refractivity contribution < 1.29 is 4.79 Å². The van der Waals surface area contributed by atoms with E-state index in [0.29, 0.717) is 6.54 Å². The molecule has 0 saturated carbocycles. The lowest BCUT2D eigenvalue weighted by molar-refractivity contribution is -0.109. The van der Waals surface area contributed by atoms with Gasteiger partial charge in [-0.25, -0.2) is 0 Å². The van der Waals surface area contributed by atoms with Crippen molar-refractivity contribution in [1.82, 2.24) is 5.01 Å². The second-order valence-electron chi connectivity index (χ2n) is 7.22. The number of rotatable bonds is 4. The van der Waals surface area contributed by atoms with E-state index >= 15 is 0 Å². The van der Waals surface area contributed by atoms with Crippen molar-refractivity contribution in [1.29, 1.82) is 0 Å². The van der Waals surface area contributed by atoms with Gasteiger partial charge in [-0.2, -0.15) is 5.10 Å². The highest BCUT2D eigenvalue weighted by atomic mass is 16.1. The van der Waals surface area contributed by atoms with E-state index < -0.39 is 0 Å². The average molecular weight is 364 g/mol. The van der Waals surface area contributed by atoms with Gasteiger partial charge in [0.05, 0.1) is 18.3 Å². The highest BCUT2D eigenvalue weighted by molar-refractivity contribution is 6.04. The topological polar surface area (TPSA) is 32.7 Å². The standard InChI is InChI=1S/C25H20N2O/c28-14-13-27-25(23-12-10-19-6-2-4-8-21(19)16-23)17-24(26-27)22-11-9-18-5-1-3-7-20(18)15-22/h1-12,14-16,25H,13,17H2. The molecule has 4 aromatic carbocycles. The normalized spacial score (nSPS) is 16.5. The van der Waals surface area contributed by atoms with Gasteiger partial charge in [-0.05, 0) is 44.8 Å². The molecule has 0 N–H and O–H groups in total. The number of carbonyl (C=O) groups is 1. The summed E-state index contributed by atoms with van der Waals surface area (Å²) in [4.78, 5) is 11.3. The molecule has 136 valence electrons. The second-order valence-corrected chi connectivity index (χ2v) is 7.22. The number of carbonyl (C=O) groups excluding carboxylic acids is 1. The van der Waals surface area contributed by atoms with Gasteiger partial charge in [0.2, 0.25) is 0 Å². The zero-order valence-corrected chi connectivity index (χ0v) is 15.5. The molecule has 0 spiro atoms. The Morgan fingerprint density at radius 3 is 2.18 bits per heavy atom. The minimum atomic E-state index is 0.0799. The molecule has 3 heteroatoms. The molecular weight excluding hydrogens is 344 g/mol. The molecule has 0 aromatic heterocycles. The molecule has 1 heterocycles. The van der Waals surface area contributed by atoms with Crippen molar-refractivity contribution in [3.63, 3.8) is 0 Å². The molecule has 5 rings (SSSR count). The third kappa shape index (κ3) is 2.95. The van der Waals surface area contributed by atoms with E-state index in [2.05, 4.69) is 84.9 Å². The van der Waals surface area contributed by atoms with E-state index in [0.717, 1.165) is 24.0 Å². The van der Waals surface area contributed by atoms with Gasteiger partial charge in [-0.3, -0.25) is 5.01 Å². The van der Waals surface area contributed by atoms with E-state index in [9.17, 15) is 4.79 Å². The summed E-state index contributed by atoms with van der Waals surface area (Å²) in [6.07, 6.45) is 1.73. The van der Waals surface area contributed by atoms with E-state index in [1.54, 1.807) is 0 Å². The number of benzene rings is 4. The summed E-state index contributed by atoms with van der Waals surface area (Å²) in [5.74, 6) is 0. The maximum absolute atomic E-state index is 11.3. The number of hydrazone groups is 1. The maximum atomic E-state index is 11.3. The summed E-state index contributed by atoms with van der Waals surface area (Å²) in [6.45, 7) is 0.300. The lowest BCUT2D eigenvalue weighted by Crippen LogP contribution is -2.21. The Balaban J connectivity index is 1.51. The third-order valence-corrected chi connectivity index (χ3v) is 5.50. The fraction of sp³-hybridized carbons (Fsp3) is 0.120. The van der Waals surface area contributed by atoms with Crippen LogP contribution >= 0.6 is 0 Å². The van der Waals surface area contributed by atoms with Crippen molar-refractivity contribution in [2.24, 2.45) is 5.10 Å². The first-order valence-corrected chi connectivity index (χ1v) is 9.57. The lowest BCUT2D eigenvalue weighted by atomic mass is 9.95. The zero-order valence-electron chi connectivity index (χ0n) is 15.5. The summed E-state index contributed by atoms with van der Waals surface area (Å²) in [5.41, 5.74) is 3.35. The summed E-state index contributed by atoms with van der Waals surface area (Å²) in [5, 5.41) is 11.6. The van der Waals surface area contributed by atoms with Crippen LogP contribution in [0.5, 0.6) is 0 Å². The van der Waals surface area contributed by atoms with Gasteiger partial charge in [0.25, 0.3) is 0 Å². The first-order valence-electron chi connectivity index (χ1n) is 9.57. The minimum absolute atomic E-state index is 0.0799. The van der Waals surface area contributed by atoms with Crippen LogP contribution in [0.15, 0.2) is 90.0 Å². The second kappa shape index (κ2) is 6.93. The summed E-state index contributed by atoms with van der Waals surface area (Å²) in [6, 6.07) is 29.8. The van der Waals surface area contributed by atoms with Gasteiger partial charge in [-0.1, -0.05) is 72.8 Å². The van der Waals surface area contributed by atoms with Crippen molar-refractivity contribution >= 4 is 33.5 Å². The number of hydrogen-bond donors (Lipinski definition) is 0. The smallest absolute Gasteiger partial charge is 0.141 e. The highest BCUT2D eigenvalue weighted by Gasteiger charge is 2.28. The first kappa shape index (κ1) is 16.7. The molecule has 0 aliphatic carbocycles. The number of hydrogen-bond acceptors (Lipinski definition) is 3. The highest BCUT2D eigenvalue weighted by Crippen LogP contribution is 2.34. The molecule has 3 nitrogen and oxygen atoms in total. The quantitative estimate of drug-likeness (QED) is 0.458. The largest absolute Gasteiger partial charge is 0.301 e. The van der Waals surface area contributed by atoms with E-state index in [1.807, 2.05) is 5.01 Å². The molecule has 1 unspecified atom stereocenters. The van der Waals surface area contributed by atoms with Crippen molar-refractivity contribution in [2.45, 2.75) is 12.5 Å². The Hall–Kier alpha value is -3.46. The van der Waals surface area contributed by atoms with Gasteiger partial charge in [0.1, 0.15) is 6.29 Å². The molecule has 0 saturated heterocycles. The average Bonchev–Trinajstić information content (AvgIpc) is 3.17. The molecule has 0 radical (unpaired) electrons. The Morgan fingerprint density at radius 1 is 0.821 bits per heavy atom.